The number of nitrogens with zero attached hydrogens (tertiary/aromatic N) is 4. The summed E-state index contributed by atoms with van der Waals surface area (Å²) in [5, 5.41) is 0.838. The fraction of sp³-hybridized carbons (Fsp3) is 0.250. The maximum Gasteiger partial charge on any atom is 0.419 e. The van der Waals surface area contributed by atoms with E-state index in [-0.39, 0.29) is 24.0 Å². The Morgan fingerprint density at radius 2 is 1.96 bits per heavy atom. The van der Waals surface area contributed by atoms with E-state index < -0.39 is 17.6 Å². The summed E-state index contributed by atoms with van der Waals surface area (Å²) >= 11 is 0. The Balaban J connectivity index is 2.08. The third kappa shape index (κ3) is 5.45. The second-order valence-corrected chi connectivity index (χ2v) is 5.65. The van der Waals surface area contributed by atoms with Crippen molar-refractivity contribution < 1.29 is 22.3 Å². The van der Waals surface area contributed by atoms with E-state index in [2.05, 4.69) is 9.97 Å². The number of hydrogen-bond donors (Lipinski definition) is 2. The third-order valence-corrected chi connectivity index (χ3v) is 3.30. The fourth-order valence-corrected chi connectivity index (χ4v) is 1.98. The number of nitrogens with two attached hydrogens (primary N) is 2. The molecule has 11 heteroatoms. The lowest BCUT2D eigenvalue weighted by Gasteiger charge is -2.17. The number of hydrazine groups is 1. The zero-order chi connectivity index (χ0) is 20.2. The first kappa shape index (κ1) is 20.2. The minimum Gasteiger partial charge on any atom is -0.457 e. The molecule has 2 rings (SSSR count). The number of ether oxygens (including phenoxy) is 1. The molecule has 0 aliphatic carbocycles. The zero-order valence-corrected chi connectivity index (χ0v) is 14.5. The van der Waals surface area contributed by atoms with Gasteiger partial charge in [-0.1, -0.05) is 0 Å². The Morgan fingerprint density at radius 1 is 1.26 bits per heavy atom. The average Bonchev–Trinajstić information content (AvgIpc) is 2.59. The quantitative estimate of drug-likeness (QED) is 0.447. The molecule has 0 amide bonds. The predicted molar refractivity (Wildman–Crippen MR) is 92.2 cm³/mol. The van der Waals surface area contributed by atoms with Crippen molar-refractivity contribution in [1.82, 2.24) is 9.97 Å². The molecule has 0 saturated carbocycles. The highest BCUT2D eigenvalue weighted by molar-refractivity contribution is 5.51. The summed E-state index contributed by atoms with van der Waals surface area (Å²) in [6.07, 6.45) is -2.18. The van der Waals surface area contributed by atoms with Crippen LogP contribution in [-0.4, -0.2) is 30.7 Å². The molecule has 0 radical (unpaired) electrons. The van der Waals surface area contributed by atoms with Crippen molar-refractivity contribution in [3.63, 3.8) is 0 Å². The van der Waals surface area contributed by atoms with E-state index in [9.17, 15) is 17.6 Å². The second kappa shape index (κ2) is 8.08. The molecule has 1 aromatic carbocycles. The molecule has 0 aliphatic heterocycles. The molecule has 0 atom stereocenters. The predicted octanol–water partition coefficient (Wildman–Crippen LogP) is 2.26. The normalized spacial score (nSPS) is 12.0. The number of halogens is 4. The summed E-state index contributed by atoms with van der Waals surface area (Å²) in [6, 6.07) is 4.12. The van der Waals surface area contributed by atoms with Gasteiger partial charge in [-0.25, -0.2) is 15.2 Å². The summed E-state index contributed by atoms with van der Waals surface area (Å²) in [4.78, 5) is 9.81. The van der Waals surface area contributed by atoms with Crippen LogP contribution in [-0.2, 0) is 6.18 Å². The van der Waals surface area contributed by atoms with Crippen molar-refractivity contribution >= 4 is 11.5 Å². The lowest BCUT2D eigenvalue weighted by atomic mass is 10.2. The Kier molecular flexibility index (Phi) is 6.05. The van der Waals surface area contributed by atoms with Crippen molar-refractivity contribution in [2.24, 2.45) is 11.6 Å². The van der Waals surface area contributed by atoms with E-state index >= 15 is 0 Å². The Morgan fingerprint density at radius 3 is 2.59 bits per heavy atom. The van der Waals surface area contributed by atoms with Crippen LogP contribution in [0.3, 0.4) is 0 Å². The highest BCUT2D eigenvalue weighted by Gasteiger charge is 2.34. The molecule has 27 heavy (non-hydrogen) atoms. The summed E-state index contributed by atoms with van der Waals surface area (Å²) in [6.45, 7) is -0.155. The first-order chi connectivity index (χ1) is 12.6. The topological polar surface area (TPSA) is 93.5 Å². The Labute approximate surface area is 152 Å². The summed E-state index contributed by atoms with van der Waals surface area (Å²) in [7, 11) is 3.59. The number of rotatable bonds is 6. The highest BCUT2D eigenvalue weighted by atomic mass is 19.4. The molecule has 0 saturated heterocycles. The molecule has 0 fully saturated rings. The standard InChI is InChI=1S/C16H18F4N6O/c1-25(2)14-5-6-23-15(24-14)27-9-10(21)8-26(22)11-3-4-13(17)12(7-11)16(18,19)20/h3-8H,9,21-22H2,1-2H3/b10-8-. The smallest absolute Gasteiger partial charge is 0.419 e. The molecule has 1 heterocycles. The van der Waals surface area contributed by atoms with E-state index in [0.717, 1.165) is 17.3 Å². The van der Waals surface area contributed by atoms with Gasteiger partial charge >= 0.3 is 12.2 Å². The van der Waals surface area contributed by atoms with Gasteiger partial charge in [0.05, 0.1) is 16.9 Å². The molecule has 0 spiro atoms. The molecule has 2 aromatic rings. The van der Waals surface area contributed by atoms with Gasteiger partial charge < -0.3 is 15.4 Å². The monoisotopic (exact) mass is 386 g/mol. The van der Waals surface area contributed by atoms with Gasteiger partial charge in [0.2, 0.25) is 0 Å². The van der Waals surface area contributed by atoms with Crippen molar-refractivity contribution in [2.45, 2.75) is 6.18 Å². The molecular weight excluding hydrogens is 368 g/mol. The third-order valence-electron chi connectivity index (χ3n) is 3.30. The van der Waals surface area contributed by atoms with Gasteiger partial charge in [-0.3, -0.25) is 5.01 Å². The molecule has 0 unspecified atom stereocenters. The lowest BCUT2D eigenvalue weighted by Crippen LogP contribution is -2.27. The van der Waals surface area contributed by atoms with Crippen LogP contribution < -0.4 is 26.2 Å². The second-order valence-electron chi connectivity index (χ2n) is 5.65. The van der Waals surface area contributed by atoms with Crippen molar-refractivity contribution in [3.8, 4) is 6.01 Å². The maximum absolute atomic E-state index is 13.3. The maximum atomic E-state index is 13.3. The van der Waals surface area contributed by atoms with Crippen LogP contribution in [0.15, 0.2) is 42.4 Å². The lowest BCUT2D eigenvalue weighted by molar-refractivity contribution is -0.139. The molecule has 146 valence electrons. The molecular formula is C16H18F4N6O. The Bertz CT molecular complexity index is 825. The zero-order valence-electron chi connectivity index (χ0n) is 14.5. The van der Waals surface area contributed by atoms with E-state index in [1.165, 1.54) is 6.20 Å². The van der Waals surface area contributed by atoms with Gasteiger partial charge in [-0.15, -0.1) is 0 Å². The summed E-state index contributed by atoms with van der Waals surface area (Å²) < 4.78 is 57.0. The van der Waals surface area contributed by atoms with Gasteiger partial charge in [0.1, 0.15) is 18.2 Å². The first-order valence-corrected chi connectivity index (χ1v) is 7.58. The van der Waals surface area contributed by atoms with Gasteiger partial charge in [0.25, 0.3) is 0 Å². The van der Waals surface area contributed by atoms with Gasteiger partial charge in [-0.05, 0) is 24.3 Å². The van der Waals surface area contributed by atoms with Crippen LogP contribution >= 0.6 is 0 Å². The van der Waals surface area contributed by atoms with Crippen LogP contribution in [0.2, 0.25) is 0 Å². The SMILES string of the molecule is CN(C)c1ccnc(OC/C(N)=C/N(N)c2ccc(F)c(C(F)(F)F)c2)n1. The molecule has 0 bridgehead atoms. The average molecular weight is 386 g/mol. The molecule has 7 nitrogen and oxygen atoms in total. The van der Waals surface area contributed by atoms with Crippen LogP contribution in [0.5, 0.6) is 6.01 Å². The number of alkyl halides is 3. The van der Waals surface area contributed by atoms with Crippen molar-refractivity contribution in [2.75, 3.05) is 30.6 Å². The van der Waals surface area contributed by atoms with E-state index in [1.807, 2.05) is 0 Å². The highest BCUT2D eigenvalue weighted by Crippen LogP contribution is 2.33. The Hall–Kier alpha value is -3.08. The molecule has 4 N–H and O–H groups in total. The number of benzene rings is 1. The summed E-state index contributed by atoms with van der Waals surface area (Å²) in [5.74, 6) is 4.91. The number of aromatic nitrogens is 2. The molecule has 1 aromatic heterocycles. The molecule has 0 aliphatic rings. The van der Waals surface area contributed by atoms with Crippen molar-refractivity contribution in [3.05, 3.63) is 53.7 Å². The van der Waals surface area contributed by atoms with E-state index in [0.29, 0.717) is 18.0 Å². The van der Waals surface area contributed by atoms with Gasteiger partial charge in [0, 0.05) is 26.5 Å². The minimum atomic E-state index is -4.84. The van der Waals surface area contributed by atoms with Crippen LogP contribution in [0.25, 0.3) is 0 Å². The van der Waals surface area contributed by atoms with Gasteiger partial charge in [0.15, 0.2) is 0 Å². The van der Waals surface area contributed by atoms with E-state index in [4.69, 9.17) is 16.3 Å². The van der Waals surface area contributed by atoms with Crippen LogP contribution in [0, 0.1) is 5.82 Å². The largest absolute Gasteiger partial charge is 0.457 e. The van der Waals surface area contributed by atoms with Crippen molar-refractivity contribution in [1.29, 1.82) is 0 Å². The fourth-order valence-electron chi connectivity index (χ4n) is 1.98. The summed E-state index contributed by atoms with van der Waals surface area (Å²) in [5.41, 5.74) is 4.33. The number of anilines is 2. The van der Waals surface area contributed by atoms with Gasteiger partial charge in [-0.2, -0.15) is 18.2 Å². The van der Waals surface area contributed by atoms with Crippen LogP contribution in [0.1, 0.15) is 5.56 Å². The number of hydrogen-bond acceptors (Lipinski definition) is 7. The first-order valence-electron chi connectivity index (χ1n) is 7.58. The van der Waals surface area contributed by atoms with Crippen LogP contribution in [0.4, 0.5) is 29.1 Å². The van der Waals surface area contributed by atoms with E-state index in [1.54, 1.807) is 25.1 Å². The minimum absolute atomic E-state index is 0.0715.